The molecule has 3 nitrogen and oxygen atoms in total. The highest BCUT2D eigenvalue weighted by Gasteiger charge is 2.38. The van der Waals surface area contributed by atoms with Crippen molar-refractivity contribution in [3.63, 3.8) is 0 Å². The van der Waals surface area contributed by atoms with Gasteiger partial charge < -0.3 is 14.8 Å². The zero-order chi connectivity index (χ0) is 13.4. The number of rotatable bonds is 8. The number of hydrogen-bond donors (Lipinski definition) is 1. The van der Waals surface area contributed by atoms with Gasteiger partial charge in [-0.25, -0.2) is 0 Å². The summed E-state index contributed by atoms with van der Waals surface area (Å²) < 4.78 is 11.6. The van der Waals surface area contributed by atoms with E-state index in [9.17, 15) is 0 Å². The van der Waals surface area contributed by atoms with E-state index in [1.165, 1.54) is 25.7 Å². The first kappa shape index (κ1) is 15.9. The van der Waals surface area contributed by atoms with Crippen LogP contribution < -0.4 is 5.32 Å². The van der Waals surface area contributed by atoms with Gasteiger partial charge in [0.1, 0.15) is 0 Å². The third-order valence-electron chi connectivity index (χ3n) is 4.04. The Kier molecular flexibility index (Phi) is 7.20. The summed E-state index contributed by atoms with van der Waals surface area (Å²) in [4.78, 5) is 0. The van der Waals surface area contributed by atoms with E-state index in [4.69, 9.17) is 9.47 Å². The zero-order valence-corrected chi connectivity index (χ0v) is 12.6. The molecule has 0 spiro atoms. The van der Waals surface area contributed by atoms with Crippen LogP contribution in [0.2, 0.25) is 0 Å². The average molecular weight is 257 g/mol. The summed E-state index contributed by atoms with van der Waals surface area (Å²) in [5, 5.41) is 3.44. The van der Waals surface area contributed by atoms with Crippen molar-refractivity contribution >= 4 is 0 Å². The maximum Gasteiger partial charge on any atom is 0.0734 e. The molecule has 108 valence electrons. The number of hydrogen-bond acceptors (Lipinski definition) is 3. The standard InChI is InChI=1S/C15H31NO2/c1-5-6-10-17-11-12-18-13-8-7-9-15(2,3)14(13)16-4/h13-14,16H,5-12H2,1-4H3. The Labute approximate surface area is 113 Å². The molecule has 0 aromatic heterocycles. The fraction of sp³-hybridized carbons (Fsp3) is 1.00. The average Bonchev–Trinajstić information content (AvgIpc) is 2.32. The Morgan fingerprint density at radius 2 is 2.00 bits per heavy atom. The minimum absolute atomic E-state index is 0.334. The van der Waals surface area contributed by atoms with Gasteiger partial charge in [0.05, 0.1) is 19.3 Å². The number of ether oxygens (including phenoxy) is 2. The molecule has 1 saturated carbocycles. The zero-order valence-electron chi connectivity index (χ0n) is 12.6. The van der Waals surface area contributed by atoms with Crippen LogP contribution in [0.25, 0.3) is 0 Å². The van der Waals surface area contributed by atoms with Gasteiger partial charge in [-0.05, 0) is 31.7 Å². The van der Waals surface area contributed by atoms with Crippen molar-refractivity contribution < 1.29 is 9.47 Å². The first-order valence-corrected chi connectivity index (χ1v) is 7.48. The maximum atomic E-state index is 6.01. The van der Waals surface area contributed by atoms with Crippen molar-refractivity contribution in [2.24, 2.45) is 5.41 Å². The van der Waals surface area contributed by atoms with E-state index in [-0.39, 0.29) is 0 Å². The molecule has 0 aromatic rings. The van der Waals surface area contributed by atoms with Crippen LogP contribution in [0, 0.1) is 5.41 Å². The summed E-state index contributed by atoms with van der Waals surface area (Å²) in [5.74, 6) is 0. The Balaban J connectivity index is 2.23. The SMILES string of the molecule is CCCCOCCOC1CCCC(C)(C)C1NC. The van der Waals surface area contributed by atoms with Gasteiger partial charge in [-0.1, -0.05) is 33.6 Å². The largest absolute Gasteiger partial charge is 0.379 e. The lowest BCUT2D eigenvalue weighted by molar-refractivity contribution is -0.0542. The minimum atomic E-state index is 0.334. The number of likely N-dealkylation sites (N-methyl/N-ethyl adjacent to an activating group) is 1. The summed E-state index contributed by atoms with van der Waals surface area (Å²) >= 11 is 0. The second-order valence-electron chi connectivity index (χ2n) is 6.02. The lowest BCUT2D eigenvalue weighted by Gasteiger charge is -2.43. The van der Waals surface area contributed by atoms with Gasteiger partial charge in [-0.2, -0.15) is 0 Å². The van der Waals surface area contributed by atoms with Crippen LogP contribution in [0.15, 0.2) is 0 Å². The molecule has 0 radical (unpaired) electrons. The lowest BCUT2D eigenvalue weighted by atomic mass is 9.72. The van der Waals surface area contributed by atoms with Crippen molar-refractivity contribution in [1.82, 2.24) is 5.32 Å². The summed E-state index contributed by atoms with van der Waals surface area (Å²) in [5.41, 5.74) is 0.334. The van der Waals surface area contributed by atoms with E-state index in [1.54, 1.807) is 0 Å². The highest BCUT2D eigenvalue weighted by Crippen LogP contribution is 2.36. The van der Waals surface area contributed by atoms with Crippen molar-refractivity contribution in [2.45, 2.75) is 65.0 Å². The fourth-order valence-electron chi connectivity index (χ4n) is 2.95. The Morgan fingerprint density at radius 3 is 2.67 bits per heavy atom. The van der Waals surface area contributed by atoms with Gasteiger partial charge in [-0.3, -0.25) is 0 Å². The summed E-state index contributed by atoms with van der Waals surface area (Å²) in [6.45, 7) is 9.17. The highest BCUT2D eigenvalue weighted by atomic mass is 16.5. The van der Waals surface area contributed by atoms with Crippen LogP contribution in [0.5, 0.6) is 0 Å². The highest BCUT2D eigenvalue weighted by molar-refractivity contribution is 4.93. The molecule has 2 atom stereocenters. The van der Waals surface area contributed by atoms with Crippen molar-refractivity contribution in [1.29, 1.82) is 0 Å². The Hall–Kier alpha value is -0.120. The number of nitrogens with one attached hydrogen (secondary N) is 1. The Bertz CT molecular complexity index is 219. The van der Waals surface area contributed by atoms with Crippen molar-refractivity contribution in [3.8, 4) is 0 Å². The van der Waals surface area contributed by atoms with E-state index >= 15 is 0 Å². The van der Waals surface area contributed by atoms with E-state index < -0.39 is 0 Å². The van der Waals surface area contributed by atoms with Gasteiger partial charge >= 0.3 is 0 Å². The monoisotopic (exact) mass is 257 g/mol. The minimum Gasteiger partial charge on any atom is -0.379 e. The van der Waals surface area contributed by atoms with Crippen LogP contribution in [0.1, 0.15) is 52.9 Å². The summed E-state index contributed by atoms with van der Waals surface area (Å²) in [6.07, 6.45) is 6.41. The van der Waals surface area contributed by atoms with Crippen molar-refractivity contribution in [2.75, 3.05) is 26.9 Å². The first-order valence-electron chi connectivity index (χ1n) is 7.48. The van der Waals surface area contributed by atoms with Crippen LogP contribution in [0.4, 0.5) is 0 Å². The third-order valence-corrected chi connectivity index (χ3v) is 4.04. The van der Waals surface area contributed by atoms with E-state index in [0.717, 1.165) is 26.2 Å². The third kappa shape index (κ3) is 4.87. The Morgan fingerprint density at radius 1 is 1.22 bits per heavy atom. The maximum absolute atomic E-state index is 6.01. The summed E-state index contributed by atoms with van der Waals surface area (Å²) in [6, 6.07) is 0.460. The molecule has 18 heavy (non-hydrogen) atoms. The van der Waals surface area contributed by atoms with Gasteiger partial charge in [0.15, 0.2) is 0 Å². The molecule has 1 rings (SSSR count). The first-order chi connectivity index (χ1) is 8.61. The lowest BCUT2D eigenvalue weighted by Crippen LogP contribution is -2.52. The van der Waals surface area contributed by atoms with Gasteiger partial charge in [0.25, 0.3) is 0 Å². The molecular weight excluding hydrogens is 226 g/mol. The predicted octanol–water partition coefficient (Wildman–Crippen LogP) is 2.99. The molecule has 1 fully saturated rings. The quantitative estimate of drug-likeness (QED) is 0.678. The van der Waals surface area contributed by atoms with E-state index in [2.05, 4.69) is 26.1 Å². The smallest absolute Gasteiger partial charge is 0.0734 e. The second-order valence-corrected chi connectivity index (χ2v) is 6.02. The van der Waals surface area contributed by atoms with E-state index in [1.807, 2.05) is 7.05 Å². The molecule has 1 aliphatic carbocycles. The molecule has 0 saturated heterocycles. The molecule has 0 bridgehead atoms. The van der Waals surface area contributed by atoms with Crippen LogP contribution in [-0.2, 0) is 9.47 Å². The molecule has 1 N–H and O–H groups in total. The predicted molar refractivity (Wildman–Crippen MR) is 75.9 cm³/mol. The van der Waals surface area contributed by atoms with Crippen LogP contribution >= 0.6 is 0 Å². The molecular formula is C15H31NO2. The van der Waals surface area contributed by atoms with E-state index in [0.29, 0.717) is 17.6 Å². The topological polar surface area (TPSA) is 30.5 Å². The van der Waals surface area contributed by atoms with Gasteiger partial charge in [-0.15, -0.1) is 0 Å². The molecule has 0 amide bonds. The van der Waals surface area contributed by atoms with Gasteiger partial charge in [0, 0.05) is 12.6 Å². The molecule has 3 heteroatoms. The fourth-order valence-corrected chi connectivity index (χ4v) is 2.95. The van der Waals surface area contributed by atoms with Crippen LogP contribution in [-0.4, -0.2) is 39.0 Å². The van der Waals surface area contributed by atoms with Crippen molar-refractivity contribution in [3.05, 3.63) is 0 Å². The number of unbranched alkanes of at least 4 members (excludes halogenated alkanes) is 1. The molecule has 1 aliphatic rings. The molecule has 0 aliphatic heterocycles. The molecule has 0 aromatic carbocycles. The molecule has 0 heterocycles. The normalized spacial score (nSPS) is 27.3. The second kappa shape index (κ2) is 8.13. The molecule has 2 unspecified atom stereocenters. The van der Waals surface area contributed by atoms with Crippen LogP contribution in [0.3, 0.4) is 0 Å². The van der Waals surface area contributed by atoms with Gasteiger partial charge in [0.2, 0.25) is 0 Å². The summed E-state index contributed by atoms with van der Waals surface area (Å²) in [7, 11) is 2.05.